The molecule has 1 aliphatic carbocycles. The van der Waals surface area contributed by atoms with Crippen molar-refractivity contribution in [3.05, 3.63) is 53.0 Å². The highest BCUT2D eigenvalue weighted by Gasteiger charge is 2.41. The molecule has 1 saturated carbocycles. The number of amides is 1. The maximum atomic E-state index is 14.3. The Balaban J connectivity index is 1.22. The first-order valence-electron chi connectivity index (χ1n) is 10.8. The van der Waals surface area contributed by atoms with Gasteiger partial charge in [0.15, 0.2) is 0 Å². The normalized spacial score (nSPS) is 19.3. The Morgan fingerprint density at radius 2 is 2.16 bits per heavy atom. The van der Waals surface area contributed by atoms with Crippen LogP contribution in [0.15, 0.2) is 36.7 Å². The number of rotatable bonds is 7. The molecule has 32 heavy (non-hydrogen) atoms. The van der Waals surface area contributed by atoms with E-state index in [1.165, 1.54) is 17.4 Å². The molecule has 2 aliphatic rings. The van der Waals surface area contributed by atoms with Gasteiger partial charge in [-0.05, 0) is 50.1 Å². The Labute approximate surface area is 189 Å². The fourth-order valence-electron chi connectivity index (χ4n) is 4.21. The van der Waals surface area contributed by atoms with Crippen LogP contribution in [0.5, 0.6) is 0 Å². The summed E-state index contributed by atoms with van der Waals surface area (Å²) in [6.07, 6.45) is 6.99. The third-order valence-electron chi connectivity index (χ3n) is 6.19. The SMILES string of the molecule is O=C(N[C@H]1CCNC1)c1cnc(-c2ccc(NCC3(c4ncccc4F)CCC3)nn2)s1. The van der Waals surface area contributed by atoms with Crippen LogP contribution >= 0.6 is 11.3 Å². The van der Waals surface area contributed by atoms with Crippen molar-refractivity contribution in [1.82, 2.24) is 30.8 Å². The van der Waals surface area contributed by atoms with Crippen molar-refractivity contribution in [2.45, 2.75) is 37.1 Å². The smallest absolute Gasteiger partial charge is 0.263 e. The van der Waals surface area contributed by atoms with Crippen molar-refractivity contribution in [1.29, 1.82) is 0 Å². The zero-order chi connectivity index (χ0) is 22.0. The lowest BCUT2D eigenvalue weighted by molar-refractivity contribution is 0.0944. The number of halogens is 1. The molecule has 166 valence electrons. The van der Waals surface area contributed by atoms with Crippen LogP contribution in [-0.2, 0) is 5.41 Å². The predicted octanol–water partition coefficient (Wildman–Crippen LogP) is 2.76. The average Bonchev–Trinajstić information content (AvgIpc) is 3.47. The minimum Gasteiger partial charge on any atom is -0.368 e. The molecule has 0 radical (unpaired) electrons. The number of nitrogens with zero attached hydrogens (tertiary/aromatic N) is 4. The number of anilines is 1. The molecule has 1 saturated heterocycles. The monoisotopic (exact) mass is 453 g/mol. The number of nitrogens with one attached hydrogen (secondary N) is 3. The van der Waals surface area contributed by atoms with Gasteiger partial charge in [-0.3, -0.25) is 9.78 Å². The molecule has 0 spiro atoms. The van der Waals surface area contributed by atoms with Crippen LogP contribution in [0.3, 0.4) is 0 Å². The molecule has 0 bridgehead atoms. The number of hydrogen-bond acceptors (Lipinski definition) is 8. The van der Waals surface area contributed by atoms with Crippen LogP contribution in [0, 0.1) is 5.82 Å². The van der Waals surface area contributed by atoms with E-state index in [4.69, 9.17) is 0 Å². The molecule has 3 aromatic rings. The molecule has 0 unspecified atom stereocenters. The first-order chi connectivity index (χ1) is 15.6. The van der Waals surface area contributed by atoms with Gasteiger partial charge in [-0.25, -0.2) is 9.37 Å². The summed E-state index contributed by atoms with van der Waals surface area (Å²) in [5, 5.41) is 18.7. The van der Waals surface area contributed by atoms with E-state index in [0.717, 1.165) is 38.8 Å². The second kappa shape index (κ2) is 8.87. The van der Waals surface area contributed by atoms with Crippen molar-refractivity contribution in [2.75, 3.05) is 25.0 Å². The Bertz CT molecular complexity index is 1090. The van der Waals surface area contributed by atoms with Crippen LogP contribution in [-0.4, -0.2) is 51.7 Å². The van der Waals surface area contributed by atoms with Gasteiger partial charge in [-0.2, -0.15) is 0 Å². The van der Waals surface area contributed by atoms with Crippen molar-refractivity contribution in [3.8, 4) is 10.7 Å². The first-order valence-corrected chi connectivity index (χ1v) is 11.6. The van der Waals surface area contributed by atoms with E-state index in [9.17, 15) is 9.18 Å². The van der Waals surface area contributed by atoms with E-state index in [2.05, 4.69) is 36.1 Å². The van der Waals surface area contributed by atoms with Gasteiger partial charge in [0, 0.05) is 30.7 Å². The summed E-state index contributed by atoms with van der Waals surface area (Å²) in [6.45, 7) is 2.27. The summed E-state index contributed by atoms with van der Waals surface area (Å²) in [5.41, 5.74) is 0.819. The van der Waals surface area contributed by atoms with Crippen molar-refractivity contribution < 1.29 is 9.18 Å². The summed E-state index contributed by atoms with van der Waals surface area (Å²) in [7, 11) is 0. The van der Waals surface area contributed by atoms with Gasteiger partial charge in [0.2, 0.25) is 0 Å². The van der Waals surface area contributed by atoms with Gasteiger partial charge >= 0.3 is 0 Å². The van der Waals surface area contributed by atoms with Gasteiger partial charge in [0.25, 0.3) is 5.91 Å². The molecule has 0 aromatic carbocycles. The van der Waals surface area contributed by atoms with Crippen molar-refractivity contribution in [3.63, 3.8) is 0 Å². The topological polar surface area (TPSA) is 105 Å². The highest BCUT2D eigenvalue weighted by Crippen LogP contribution is 2.43. The minimum atomic E-state index is -0.307. The minimum absolute atomic E-state index is 0.110. The van der Waals surface area contributed by atoms with E-state index >= 15 is 0 Å². The van der Waals surface area contributed by atoms with E-state index in [0.29, 0.717) is 33.6 Å². The molecule has 1 atom stereocenters. The van der Waals surface area contributed by atoms with Crippen LogP contribution in [0.1, 0.15) is 41.0 Å². The lowest BCUT2D eigenvalue weighted by Gasteiger charge is -2.41. The molecule has 1 amide bonds. The molecule has 5 rings (SSSR count). The fourth-order valence-corrected chi connectivity index (χ4v) is 4.99. The zero-order valence-corrected chi connectivity index (χ0v) is 18.3. The summed E-state index contributed by atoms with van der Waals surface area (Å²) >= 11 is 1.30. The molecule has 3 aromatic heterocycles. The summed E-state index contributed by atoms with van der Waals surface area (Å²) in [5.74, 6) is 0.240. The third-order valence-corrected chi connectivity index (χ3v) is 7.21. The molecule has 4 heterocycles. The maximum absolute atomic E-state index is 14.3. The quantitative estimate of drug-likeness (QED) is 0.505. The van der Waals surface area contributed by atoms with Crippen LogP contribution < -0.4 is 16.0 Å². The molecule has 3 N–H and O–H groups in total. The largest absolute Gasteiger partial charge is 0.368 e. The lowest BCUT2D eigenvalue weighted by Crippen LogP contribution is -2.42. The molecular formula is C22H24FN7OS. The van der Waals surface area contributed by atoms with E-state index < -0.39 is 0 Å². The van der Waals surface area contributed by atoms with Gasteiger partial charge in [0.1, 0.15) is 27.2 Å². The Morgan fingerprint density at radius 1 is 1.25 bits per heavy atom. The second-order valence-electron chi connectivity index (χ2n) is 8.32. The standard InChI is InChI=1S/C22H24FN7OS/c23-15-3-1-9-25-19(15)22(7-2-8-22)13-27-18-5-4-16(29-30-18)21-26-12-17(32-21)20(31)28-14-6-10-24-11-14/h1,3-5,9,12,14,24H,2,6-8,10-11,13H2,(H,27,30)(H,28,31)/t14-/m0/s1. The Morgan fingerprint density at radius 3 is 2.84 bits per heavy atom. The van der Waals surface area contributed by atoms with Gasteiger partial charge < -0.3 is 16.0 Å². The number of pyridine rings is 1. The lowest BCUT2D eigenvalue weighted by atomic mass is 9.66. The fraction of sp³-hybridized carbons (Fsp3) is 0.409. The molecule has 8 nitrogen and oxygen atoms in total. The Hall–Kier alpha value is -2.98. The molecule has 2 fully saturated rings. The molecule has 10 heteroatoms. The molecular weight excluding hydrogens is 429 g/mol. The van der Waals surface area contributed by atoms with Crippen molar-refractivity contribution in [2.24, 2.45) is 0 Å². The summed E-state index contributed by atoms with van der Waals surface area (Å²) in [4.78, 5) is 21.6. The molecule has 1 aliphatic heterocycles. The second-order valence-corrected chi connectivity index (χ2v) is 9.35. The van der Waals surface area contributed by atoms with E-state index in [-0.39, 0.29) is 23.2 Å². The van der Waals surface area contributed by atoms with E-state index in [1.807, 2.05) is 12.1 Å². The maximum Gasteiger partial charge on any atom is 0.263 e. The predicted molar refractivity (Wildman–Crippen MR) is 120 cm³/mol. The number of thiazole rings is 1. The summed E-state index contributed by atoms with van der Waals surface area (Å²) < 4.78 is 14.3. The third kappa shape index (κ3) is 4.20. The average molecular weight is 454 g/mol. The number of aromatic nitrogens is 4. The number of carbonyl (C=O) groups excluding carboxylic acids is 1. The number of hydrogen-bond donors (Lipinski definition) is 3. The van der Waals surface area contributed by atoms with E-state index in [1.54, 1.807) is 18.5 Å². The van der Waals surface area contributed by atoms with Crippen molar-refractivity contribution >= 4 is 23.1 Å². The van der Waals surface area contributed by atoms with Gasteiger partial charge in [-0.15, -0.1) is 21.5 Å². The van der Waals surface area contributed by atoms with Crippen LogP contribution in [0.4, 0.5) is 10.2 Å². The van der Waals surface area contributed by atoms with Gasteiger partial charge in [0.05, 0.1) is 11.9 Å². The summed E-state index contributed by atoms with van der Waals surface area (Å²) in [6, 6.07) is 6.89. The zero-order valence-electron chi connectivity index (χ0n) is 17.5. The van der Waals surface area contributed by atoms with Crippen LogP contribution in [0.2, 0.25) is 0 Å². The Kier molecular flexibility index (Phi) is 5.79. The van der Waals surface area contributed by atoms with Crippen LogP contribution in [0.25, 0.3) is 10.7 Å². The first kappa shape index (κ1) is 20.9. The van der Waals surface area contributed by atoms with Gasteiger partial charge in [-0.1, -0.05) is 6.42 Å². The highest BCUT2D eigenvalue weighted by atomic mass is 32.1. The highest BCUT2D eigenvalue weighted by molar-refractivity contribution is 7.16. The number of carbonyl (C=O) groups is 1.